The van der Waals surface area contributed by atoms with Crippen molar-refractivity contribution >= 4 is 40.5 Å². The van der Waals surface area contributed by atoms with E-state index in [1.807, 2.05) is 30.5 Å². The third kappa shape index (κ3) is 6.53. The number of amides is 2. The normalized spacial score (nSPS) is 14.3. The van der Waals surface area contributed by atoms with Gasteiger partial charge in [-0.25, -0.2) is 4.79 Å². The van der Waals surface area contributed by atoms with Crippen LogP contribution in [0.3, 0.4) is 0 Å². The zero-order chi connectivity index (χ0) is 22.2. The molecule has 2 heterocycles. The zero-order valence-electron chi connectivity index (χ0n) is 17.6. The molecule has 1 aromatic heterocycles. The first-order chi connectivity index (χ1) is 15.0. The number of carboxylic acid groups (broad SMARTS) is 1. The van der Waals surface area contributed by atoms with E-state index in [1.54, 1.807) is 12.1 Å². The van der Waals surface area contributed by atoms with E-state index in [-0.39, 0.29) is 23.8 Å². The van der Waals surface area contributed by atoms with E-state index in [1.165, 1.54) is 11.3 Å². The van der Waals surface area contributed by atoms with E-state index in [9.17, 15) is 19.5 Å². The van der Waals surface area contributed by atoms with Gasteiger partial charge in [-0.3, -0.25) is 14.5 Å². The van der Waals surface area contributed by atoms with Gasteiger partial charge in [0.1, 0.15) is 0 Å². The number of hydrogen-bond donors (Lipinski definition) is 3. The number of hydrogen-bond acceptors (Lipinski definition) is 6. The molecule has 2 aromatic rings. The molecule has 0 atom stereocenters. The molecule has 1 aliphatic rings. The Balaban J connectivity index is 1.60. The minimum atomic E-state index is -1.08. The van der Waals surface area contributed by atoms with Crippen molar-refractivity contribution in [2.24, 2.45) is 0 Å². The Kier molecular flexibility index (Phi) is 8.02. The predicted octanol–water partition coefficient (Wildman–Crippen LogP) is 2.28. The molecule has 8 nitrogen and oxygen atoms in total. The minimum Gasteiger partial charge on any atom is -0.478 e. The first-order valence-electron chi connectivity index (χ1n) is 10.4. The number of carboxylic acids is 1. The average molecular weight is 445 g/mol. The molecule has 1 saturated heterocycles. The van der Waals surface area contributed by atoms with E-state index >= 15 is 0 Å². The van der Waals surface area contributed by atoms with Crippen molar-refractivity contribution in [3.63, 3.8) is 0 Å². The van der Waals surface area contributed by atoms with Crippen LogP contribution in [0.1, 0.15) is 28.6 Å². The molecule has 3 N–H and O–H groups in total. The van der Waals surface area contributed by atoms with Crippen molar-refractivity contribution in [3.8, 4) is 0 Å². The lowest BCUT2D eigenvalue weighted by molar-refractivity contribution is -0.122. The minimum absolute atomic E-state index is 0.0334. The Labute approximate surface area is 185 Å². The summed E-state index contributed by atoms with van der Waals surface area (Å²) in [4.78, 5) is 41.1. The SMILES string of the molecule is CCCNC(=O)CN1CCN(c2ccc(NC(=O)Cc3cccs3)c(C(=O)O)c2)CC1. The number of thiophene rings is 1. The van der Waals surface area contributed by atoms with Gasteiger partial charge in [-0.1, -0.05) is 13.0 Å². The monoisotopic (exact) mass is 444 g/mol. The predicted molar refractivity (Wildman–Crippen MR) is 122 cm³/mol. The standard InChI is InChI=1S/C22H28N4O4S/c1-2-7-23-21(28)15-25-8-10-26(11-9-25)16-5-6-19(18(13-16)22(29)30)24-20(27)14-17-4-3-12-31-17/h3-6,12-13H,2,7-11,14-15H2,1H3,(H,23,28)(H,24,27)(H,29,30). The van der Waals surface area contributed by atoms with Crippen molar-refractivity contribution < 1.29 is 19.5 Å². The lowest BCUT2D eigenvalue weighted by Crippen LogP contribution is -2.49. The van der Waals surface area contributed by atoms with Gasteiger partial charge in [0, 0.05) is 43.3 Å². The number of nitrogens with zero attached hydrogens (tertiary/aromatic N) is 2. The van der Waals surface area contributed by atoms with Crippen LogP contribution in [-0.4, -0.2) is 67.1 Å². The highest BCUT2D eigenvalue weighted by atomic mass is 32.1. The van der Waals surface area contributed by atoms with Crippen LogP contribution in [0.25, 0.3) is 0 Å². The van der Waals surface area contributed by atoms with Crippen molar-refractivity contribution in [1.82, 2.24) is 10.2 Å². The van der Waals surface area contributed by atoms with Gasteiger partial charge < -0.3 is 20.6 Å². The summed E-state index contributed by atoms with van der Waals surface area (Å²) in [5.41, 5.74) is 1.16. The lowest BCUT2D eigenvalue weighted by Gasteiger charge is -2.36. The molecule has 0 aliphatic carbocycles. The first kappa shape index (κ1) is 22.8. The number of aromatic carboxylic acids is 1. The molecule has 0 saturated carbocycles. The van der Waals surface area contributed by atoms with Crippen LogP contribution in [0.15, 0.2) is 35.7 Å². The number of rotatable bonds is 9. The summed E-state index contributed by atoms with van der Waals surface area (Å²) in [5.74, 6) is -1.29. The Morgan fingerprint density at radius 3 is 2.52 bits per heavy atom. The summed E-state index contributed by atoms with van der Waals surface area (Å²) in [5, 5.41) is 17.2. The highest BCUT2D eigenvalue weighted by Gasteiger charge is 2.21. The summed E-state index contributed by atoms with van der Waals surface area (Å²) >= 11 is 1.49. The molecule has 1 fully saturated rings. The molecule has 0 radical (unpaired) electrons. The summed E-state index contributed by atoms with van der Waals surface area (Å²) in [6.45, 7) is 5.93. The smallest absolute Gasteiger partial charge is 0.337 e. The van der Waals surface area contributed by atoms with Gasteiger partial charge in [-0.05, 0) is 36.1 Å². The van der Waals surface area contributed by atoms with Gasteiger partial charge in [0.25, 0.3) is 0 Å². The number of benzene rings is 1. The van der Waals surface area contributed by atoms with Gasteiger partial charge in [-0.2, -0.15) is 0 Å². The lowest BCUT2D eigenvalue weighted by atomic mass is 10.1. The number of carbonyl (C=O) groups is 3. The van der Waals surface area contributed by atoms with Crippen molar-refractivity contribution in [2.45, 2.75) is 19.8 Å². The Morgan fingerprint density at radius 1 is 1.10 bits per heavy atom. The second-order valence-electron chi connectivity index (χ2n) is 7.45. The van der Waals surface area contributed by atoms with Gasteiger partial charge in [-0.15, -0.1) is 11.3 Å². The maximum atomic E-state index is 12.3. The third-order valence-corrected chi connectivity index (χ3v) is 5.98. The zero-order valence-corrected chi connectivity index (χ0v) is 18.4. The number of carbonyl (C=O) groups excluding carboxylic acids is 2. The van der Waals surface area contributed by atoms with E-state index in [0.29, 0.717) is 31.9 Å². The summed E-state index contributed by atoms with van der Waals surface area (Å²) in [6.07, 6.45) is 1.13. The van der Waals surface area contributed by atoms with Crippen LogP contribution in [0.2, 0.25) is 0 Å². The van der Waals surface area contributed by atoms with Crippen molar-refractivity contribution in [3.05, 3.63) is 46.2 Å². The second-order valence-corrected chi connectivity index (χ2v) is 8.48. The van der Waals surface area contributed by atoms with E-state index < -0.39 is 5.97 Å². The molecule has 0 bridgehead atoms. The van der Waals surface area contributed by atoms with Gasteiger partial charge in [0.05, 0.1) is 24.2 Å². The maximum absolute atomic E-state index is 12.3. The maximum Gasteiger partial charge on any atom is 0.337 e. The molecule has 1 aliphatic heterocycles. The third-order valence-electron chi connectivity index (χ3n) is 5.10. The highest BCUT2D eigenvalue weighted by molar-refractivity contribution is 7.10. The van der Waals surface area contributed by atoms with E-state index in [0.717, 1.165) is 30.1 Å². The van der Waals surface area contributed by atoms with E-state index in [4.69, 9.17) is 0 Å². The van der Waals surface area contributed by atoms with Gasteiger partial charge in [0.2, 0.25) is 11.8 Å². The Bertz CT molecular complexity index is 908. The summed E-state index contributed by atoms with van der Waals surface area (Å²) in [6, 6.07) is 8.83. The quantitative estimate of drug-likeness (QED) is 0.549. The summed E-state index contributed by atoms with van der Waals surface area (Å²) in [7, 11) is 0. The van der Waals surface area contributed by atoms with Gasteiger partial charge >= 0.3 is 5.97 Å². The molecule has 31 heavy (non-hydrogen) atoms. The molecule has 0 unspecified atom stereocenters. The molecule has 9 heteroatoms. The fourth-order valence-corrected chi connectivity index (χ4v) is 4.17. The van der Waals surface area contributed by atoms with Crippen LogP contribution in [0, 0.1) is 0 Å². The molecular weight excluding hydrogens is 416 g/mol. The topological polar surface area (TPSA) is 102 Å². The average Bonchev–Trinajstić information content (AvgIpc) is 3.26. The molecule has 1 aromatic carbocycles. The fourth-order valence-electron chi connectivity index (χ4n) is 3.47. The molecular formula is C22H28N4O4S. The Hall–Kier alpha value is -2.91. The van der Waals surface area contributed by atoms with Crippen LogP contribution in [-0.2, 0) is 16.0 Å². The van der Waals surface area contributed by atoms with Crippen LogP contribution in [0.5, 0.6) is 0 Å². The highest BCUT2D eigenvalue weighted by Crippen LogP contribution is 2.25. The number of anilines is 2. The molecule has 0 spiro atoms. The second kappa shape index (κ2) is 10.9. The van der Waals surface area contributed by atoms with Gasteiger partial charge in [0.15, 0.2) is 0 Å². The number of piperazine rings is 1. The first-order valence-corrected chi connectivity index (χ1v) is 11.3. The van der Waals surface area contributed by atoms with Crippen LogP contribution < -0.4 is 15.5 Å². The van der Waals surface area contributed by atoms with Crippen LogP contribution >= 0.6 is 11.3 Å². The fraction of sp³-hybridized carbons (Fsp3) is 0.409. The Morgan fingerprint density at radius 2 is 1.87 bits per heavy atom. The van der Waals surface area contributed by atoms with Crippen molar-refractivity contribution in [1.29, 1.82) is 0 Å². The van der Waals surface area contributed by atoms with Crippen LogP contribution in [0.4, 0.5) is 11.4 Å². The summed E-state index contributed by atoms with van der Waals surface area (Å²) < 4.78 is 0. The molecule has 3 rings (SSSR count). The number of nitrogens with one attached hydrogen (secondary N) is 2. The van der Waals surface area contributed by atoms with E-state index in [2.05, 4.69) is 20.4 Å². The molecule has 2 amide bonds. The molecule has 166 valence electrons. The van der Waals surface area contributed by atoms with Crippen molar-refractivity contribution in [2.75, 3.05) is 49.5 Å². The largest absolute Gasteiger partial charge is 0.478 e.